The second-order valence-corrected chi connectivity index (χ2v) is 6.19. The van der Waals surface area contributed by atoms with Crippen LogP contribution in [0, 0.1) is 6.92 Å². The quantitative estimate of drug-likeness (QED) is 0.808. The van der Waals surface area contributed by atoms with Gasteiger partial charge < -0.3 is 15.6 Å². The van der Waals surface area contributed by atoms with Gasteiger partial charge in [0, 0.05) is 29.4 Å². The number of fused-ring (bicyclic) bond motifs is 1. The maximum Gasteiger partial charge on any atom is 0.279 e. The van der Waals surface area contributed by atoms with Gasteiger partial charge in [-0.3, -0.25) is 9.59 Å². The van der Waals surface area contributed by atoms with Gasteiger partial charge in [-0.2, -0.15) is 0 Å². The molecule has 1 atom stereocenters. The van der Waals surface area contributed by atoms with Crippen LogP contribution in [0.3, 0.4) is 0 Å². The number of H-pyrrole nitrogens is 1. The SMILES string of the molecule is Cc1ccc2c(CCNC(=O)[C@H]3CSC(=O)N3)c[nH]c2c1. The second-order valence-electron chi connectivity index (χ2n) is 5.20. The van der Waals surface area contributed by atoms with Crippen LogP contribution in [0.4, 0.5) is 4.79 Å². The van der Waals surface area contributed by atoms with Gasteiger partial charge in [-0.25, -0.2) is 0 Å². The lowest BCUT2D eigenvalue weighted by molar-refractivity contribution is -0.122. The molecule has 0 unspecified atom stereocenters. The highest BCUT2D eigenvalue weighted by atomic mass is 32.2. The normalized spacial score (nSPS) is 18.0. The van der Waals surface area contributed by atoms with E-state index in [0.29, 0.717) is 12.3 Å². The summed E-state index contributed by atoms with van der Waals surface area (Å²) in [5.74, 6) is 0.404. The Morgan fingerprint density at radius 2 is 2.33 bits per heavy atom. The molecule has 21 heavy (non-hydrogen) atoms. The number of carbonyl (C=O) groups excluding carboxylic acids is 2. The molecule has 0 saturated carbocycles. The van der Waals surface area contributed by atoms with E-state index in [1.165, 1.54) is 16.5 Å². The first-order valence-electron chi connectivity index (χ1n) is 6.91. The van der Waals surface area contributed by atoms with Crippen molar-refractivity contribution in [2.75, 3.05) is 12.3 Å². The van der Waals surface area contributed by atoms with E-state index in [0.717, 1.165) is 23.7 Å². The van der Waals surface area contributed by atoms with Crippen molar-refractivity contribution in [3.63, 3.8) is 0 Å². The van der Waals surface area contributed by atoms with E-state index in [-0.39, 0.29) is 11.1 Å². The van der Waals surface area contributed by atoms with Crippen LogP contribution in [0.5, 0.6) is 0 Å². The number of thioether (sulfide) groups is 1. The van der Waals surface area contributed by atoms with Gasteiger partial charge in [0.1, 0.15) is 6.04 Å². The first-order chi connectivity index (χ1) is 10.1. The third kappa shape index (κ3) is 3.05. The molecule has 1 aromatic carbocycles. The van der Waals surface area contributed by atoms with E-state index in [9.17, 15) is 9.59 Å². The van der Waals surface area contributed by atoms with Gasteiger partial charge in [-0.1, -0.05) is 23.9 Å². The van der Waals surface area contributed by atoms with Crippen LogP contribution in [0.15, 0.2) is 24.4 Å². The second kappa shape index (κ2) is 5.81. The molecular formula is C15H17N3O2S. The fourth-order valence-electron chi connectivity index (χ4n) is 2.48. The van der Waals surface area contributed by atoms with Crippen LogP contribution in [0.2, 0.25) is 0 Å². The lowest BCUT2D eigenvalue weighted by atomic mass is 10.1. The summed E-state index contributed by atoms with van der Waals surface area (Å²) in [5.41, 5.74) is 3.53. The molecule has 3 N–H and O–H groups in total. The minimum absolute atomic E-state index is 0.107. The zero-order valence-electron chi connectivity index (χ0n) is 11.7. The molecule has 2 heterocycles. The van der Waals surface area contributed by atoms with Crippen LogP contribution in [-0.4, -0.2) is 34.5 Å². The minimum Gasteiger partial charge on any atom is -0.361 e. The summed E-state index contributed by atoms with van der Waals surface area (Å²) in [6, 6.07) is 5.91. The average Bonchev–Trinajstić information content (AvgIpc) is 3.05. The Balaban J connectivity index is 1.57. The fraction of sp³-hybridized carbons (Fsp3) is 0.333. The smallest absolute Gasteiger partial charge is 0.279 e. The Bertz CT molecular complexity index is 695. The van der Waals surface area contributed by atoms with Gasteiger partial charge in [0.2, 0.25) is 5.91 Å². The number of benzene rings is 1. The van der Waals surface area contributed by atoms with Gasteiger partial charge in [-0.05, 0) is 30.5 Å². The Kier molecular flexibility index (Phi) is 3.88. The van der Waals surface area contributed by atoms with Crippen LogP contribution in [0.1, 0.15) is 11.1 Å². The number of carbonyl (C=O) groups is 2. The number of aromatic nitrogens is 1. The molecule has 1 aliphatic rings. The molecule has 2 aromatic rings. The molecule has 5 nitrogen and oxygen atoms in total. The number of amides is 2. The lowest BCUT2D eigenvalue weighted by Gasteiger charge is -2.09. The Morgan fingerprint density at radius 1 is 1.48 bits per heavy atom. The van der Waals surface area contributed by atoms with Gasteiger partial charge in [0.25, 0.3) is 5.24 Å². The highest BCUT2D eigenvalue weighted by molar-refractivity contribution is 8.14. The highest BCUT2D eigenvalue weighted by Gasteiger charge is 2.27. The molecule has 0 bridgehead atoms. The largest absolute Gasteiger partial charge is 0.361 e. The summed E-state index contributed by atoms with van der Waals surface area (Å²) in [7, 11) is 0. The molecule has 1 aromatic heterocycles. The summed E-state index contributed by atoms with van der Waals surface area (Å²) < 4.78 is 0. The Hall–Kier alpha value is -1.95. The van der Waals surface area contributed by atoms with Crippen molar-refractivity contribution >= 4 is 33.8 Å². The monoisotopic (exact) mass is 303 g/mol. The third-order valence-electron chi connectivity index (χ3n) is 3.61. The number of aryl methyl sites for hydroxylation is 1. The Labute approximate surface area is 126 Å². The van der Waals surface area contributed by atoms with Crippen molar-refractivity contribution in [3.05, 3.63) is 35.5 Å². The zero-order chi connectivity index (χ0) is 14.8. The Morgan fingerprint density at radius 3 is 3.10 bits per heavy atom. The van der Waals surface area contributed by atoms with Crippen molar-refractivity contribution in [1.29, 1.82) is 0 Å². The topological polar surface area (TPSA) is 74.0 Å². The molecule has 0 spiro atoms. The number of hydrogen-bond donors (Lipinski definition) is 3. The molecule has 0 radical (unpaired) electrons. The average molecular weight is 303 g/mol. The summed E-state index contributed by atoms with van der Waals surface area (Å²) in [4.78, 5) is 26.2. The summed E-state index contributed by atoms with van der Waals surface area (Å²) in [5, 5.41) is 6.59. The van der Waals surface area contributed by atoms with Crippen molar-refractivity contribution < 1.29 is 9.59 Å². The van der Waals surface area contributed by atoms with Crippen molar-refractivity contribution in [2.24, 2.45) is 0 Å². The number of hydrogen-bond acceptors (Lipinski definition) is 3. The molecule has 6 heteroatoms. The van der Waals surface area contributed by atoms with Gasteiger partial charge in [0.15, 0.2) is 0 Å². The summed E-state index contributed by atoms with van der Waals surface area (Å²) in [6.07, 6.45) is 2.76. The van der Waals surface area contributed by atoms with Crippen molar-refractivity contribution in [3.8, 4) is 0 Å². The molecular weight excluding hydrogens is 286 g/mol. The minimum atomic E-state index is -0.395. The molecule has 110 valence electrons. The number of aromatic amines is 1. The fourth-order valence-corrected chi connectivity index (χ4v) is 3.25. The first kappa shape index (κ1) is 14.0. The molecule has 2 amide bonds. The molecule has 0 aliphatic carbocycles. The van der Waals surface area contributed by atoms with Crippen LogP contribution in [-0.2, 0) is 11.2 Å². The van der Waals surface area contributed by atoms with E-state index in [1.54, 1.807) is 0 Å². The highest BCUT2D eigenvalue weighted by Crippen LogP contribution is 2.19. The van der Waals surface area contributed by atoms with E-state index in [2.05, 4.69) is 40.7 Å². The standard InChI is InChI=1S/C15H17N3O2S/c1-9-2-3-11-10(7-17-12(11)6-9)4-5-16-14(19)13-8-21-15(20)18-13/h2-3,6-7,13,17H,4-5,8H2,1H3,(H,16,19)(H,18,20)/t13-/m1/s1. The van der Waals surface area contributed by atoms with E-state index in [1.807, 2.05) is 6.20 Å². The van der Waals surface area contributed by atoms with Crippen molar-refractivity contribution in [1.82, 2.24) is 15.6 Å². The first-order valence-corrected chi connectivity index (χ1v) is 7.89. The number of nitrogens with one attached hydrogen (secondary N) is 3. The zero-order valence-corrected chi connectivity index (χ0v) is 12.5. The van der Waals surface area contributed by atoms with E-state index in [4.69, 9.17) is 0 Å². The number of rotatable bonds is 4. The van der Waals surface area contributed by atoms with Crippen LogP contribution >= 0.6 is 11.8 Å². The lowest BCUT2D eigenvalue weighted by Crippen LogP contribution is -2.43. The van der Waals surface area contributed by atoms with Gasteiger partial charge in [0.05, 0.1) is 0 Å². The van der Waals surface area contributed by atoms with E-state index >= 15 is 0 Å². The van der Waals surface area contributed by atoms with E-state index < -0.39 is 6.04 Å². The maximum atomic E-state index is 11.9. The summed E-state index contributed by atoms with van der Waals surface area (Å²) in [6.45, 7) is 2.63. The summed E-state index contributed by atoms with van der Waals surface area (Å²) >= 11 is 1.15. The predicted octanol–water partition coefficient (Wildman–Crippen LogP) is 1.96. The molecule has 1 aliphatic heterocycles. The molecule has 1 fully saturated rings. The van der Waals surface area contributed by atoms with Crippen LogP contribution < -0.4 is 10.6 Å². The third-order valence-corrected chi connectivity index (χ3v) is 4.49. The predicted molar refractivity (Wildman–Crippen MR) is 84.5 cm³/mol. The molecule has 1 saturated heterocycles. The van der Waals surface area contributed by atoms with Gasteiger partial charge >= 0.3 is 0 Å². The van der Waals surface area contributed by atoms with Gasteiger partial charge in [-0.15, -0.1) is 0 Å². The maximum absolute atomic E-state index is 11.9. The molecule has 3 rings (SSSR count). The van der Waals surface area contributed by atoms with Crippen LogP contribution in [0.25, 0.3) is 10.9 Å². The van der Waals surface area contributed by atoms with Crippen molar-refractivity contribution in [2.45, 2.75) is 19.4 Å².